The second-order valence-electron chi connectivity index (χ2n) is 9.37. The Morgan fingerprint density at radius 2 is 1.79 bits per heavy atom. The number of Topliss-reactive ketones (excluding diaryl/α,β-unsaturated/α-hetero) is 1. The largest absolute Gasteiger partial charge is 0.298 e. The van der Waals surface area contributed by atoms with Gasteiger partial charge in [0.2, 0.25) is 9.84 Å². The normalized spacial score (nSPS) is 17.5. The van der Waals surface area contributed by atoms with Crippen molar-refractivity contribution >= 4 is 15.6 Å². The quantitative estimate of drug-likeness (QED) is 0.504. The van der Waals surface area contributed by atoms with Gasteiger partial charge in [-0.1, -0.05) is 6.07 Å². The number of fused-ring (bicyclic) bond motifs is 2. The topological polar surface area (TPSA) is 93.8 Å². The average Bonchev–Trinajstić information content (AvgIpc) is 3.20. The molecule has 0 saturated heterocycles. The molecule has 8 heteroatoms. The molecule has 0 atom stereocenters. The second kappa shape index (κ2) is 8.53. The van der Waals surface area contributed by atoms with Gasteiger partial charge >= 0.3 is 0 Å². The zero-order valence-electron chi connectivity index (χ0n) is 18.7. The van der Waals surface area contributed by atoms with Crippen LogP contribution in [0.1, 0.15) is 59.9 Å². The molecule has 2 heterocycles. The van der Waals surface area contributed by atoms with E-state index in [2.05, 4.69) is 27.3 Å². The first-order chi connectivity index (χ1) is 15.9. The first kappa shape index (κ1) is 22.0. The van der Waals surface area contributed by atoms with Crippen molar-refractivity contribution in [1.82, 2.24) is 9.78 Å². The number of rotatable bonds is 10. The predicted molar refractivity (Wildman–Crippen MR) is 124 cm³/mol. The summed E-state index contributed by atoms with van der Waals surface area (Å²) in [6.45, 7) is 0.489. The molecule has 0 unspecified atom stereocenters. The van der Waals surface area contributed by atoms with Crippen LogP contribution in [0.4, 0.5) is 0 Å². The summed E-state index contributed by atoms with van der Waals surface area (Å²) in [5.41, 5.74) is 5.96. The summed E-state index contributed by atoms with van der Waals surface area (Å²) < 4.78 is 27.4. The van der Waals surface area contributed by atoms with E-state index in [1.54, 1.807) is 10.9 Å². The first-order valence-corrected chi connectivity index (χ1v) is 13.4. The van der Waals surface area contributed by atoms with Crippen molar-refractivity contribution in [1.29, 1.82) is 0 Å². The molecule has 1 aromatic carbocycles. The molecule has 2 aliphatic carbocycles. The molecule has 1 aromatic heterocycles. The number of carbonyl (C=O) groups is 1. The fraction of sp³-hybridized carbons (Fsp3) is 0.520. The molecule has 0 spiro atoms. The highest BCUT2D eigenvalue weighted by Gasteiger charge is 2.39. The predicted octanol–water partition coefficient (Wildman–Crippen LogP) is 3.41. The van der Waals surface area contributed by atoms with E-state index >= 15 is 0 Å². The van der Waals surface area contributed by atoms with E-state index < -0.39 is 21.3 Å². The van der Waals surface area contributed by atoms with Gasteiger partial charge in [0, 0.05) is 38.4 Å². The molecule has 3 aliphatic rings. The van der Waals surface area contributed by atoms with Crippen LogP contribution < -0.4 is 0 Å². The summed E-state index contributed by atoms with van der Waals surface area (Å²) in [5, 5.41) is 12.4. The van der Waals surface area contributed by atoms with Gasteiger partial charge < -0.3 is 0 Å². The molecule has 0 radical (unpaired) electrons. The molecular weight excluding hydrogens is 436 g/mol. The van der Waals surface area contributed by atoms with E-state index in [4.69, 9.17) is 6.42 Å². The number of hydrogen-bond acceptors (Lipinski definition) is 6. The van der Waals surface area contributed by atoms with Crippen LogP contribution in [0.15, 0.2) is 33.6 Å². The first-order valence-electron chi connectivity index (χ1n) is 11.7. The molecule has 0 saturated carbocycles. The lowest BCUT2D eigenvalue weighted by molar-refractivity contribution is -0.116. The van der Waals surface area contributed by atoms with Crippen LogP contribution in [0.5, 0.6) is 0 Å². The number of aromatic nitrogens is 2. The third-order valence-corrected chi connectivity index (χ3v) is 8.61. The van der Waals surface area contributed by atoms with Gasteiger partial charge in [0.25, 0.3) is 0 Å². The lowest BCUT2D eigenvalue weighted by Crippen LogP contribution is -2.20. The highest BCUT2D eigenvalue weighted by atomic mass is 32.2. The molecule has 1 aliphatic heterocycles. The van der Waals surface area contributed by atoms with Crippen LogP contribution in [-0.4, -0.2) is 35.4 Å². The van der Waals surface area contributed by atoms with Gasteiger partial charge in [0.1, 0.15) is 5.75 Å². The maximum absolute atomic E-state index is 12.9. The number of benzene rings is 1. The zero-order valence-corrected chi connectivity index (χ0v) is 19.5. The van der Waals surface area contributed by atoms with Crippen LogP contribution in [-0.2, 0) is 53.3 Å². The smallest absolute Gasteiger partial charge is 0.204 e. The van der Waals surface area contributed by atoms with Crippen LogP contribution in [0.3, 0.4) is 0 Å². The van der Waals surface area contributed by atoms with Crippen LogP contribution in [0.2, 0.25) is 0 Å². The lowest BCUT2D eigenvalue weighted by atomic mass is 9.91. The van der Waals surface area contributed by atoms with E-state index in [-0.39, 0.29) is 17.2 Å². The summed E-state index contributed by atoms with van der Waals surface area (Å²) in [6, 6.07) is 3.79. The number of hydrogen-bond donors (Lipinski definition) is 0. The monoisotopic (exact) mass is 464 g/mol. The van der Waals surface area contributed by atoms with E-state index in [0.29, 0.717) is 25.8 Å². The fourth-order valence-corrected chi connectivity index (χ4v) is 6.45. The molecular formula is C25H28N4O3S. The van der Waals surface area contributed by atoms with Crippen molar-refractivity contribution in [2.75, 3.05) is 5.75 Å². The number of carbonyl (C=O) groups excluding carboxylic acids is 1. The van der Waals surface area contributed by atoms with E-state index in [0.717, 1.165) is 44.1 Å². The highest BCUT2D eigenvalue weighted by molar-refractivity contribution is 7.92. The number of ketones is 1. The summed E-state index contributed by atoms with van der Waals surface area (Å²) in [5.74, 6) is 1.82. The third kappa shape index (κ3) is 4.51. The molecule has 0 amide bonds. The van der Waals surface area contributed by atoms with Crippen molar-refractivity contribution in [3.05, 3.63) is 46.1 Å². The van der Waals surface area contributed by atoms with Gasteiger partial charge in [-0.15, -0.1) is 12.3 Å². The molecule has 0 fully saturated rings. The van der Waals surface area contributed by atoms with Gasteiger partial charge in [-0.2, -0.15) is 15.3 Å². The van der Waals surface area contributed by atoms with Crippen molar-refractivity contribution in [3.8, 4) is 12.3 Å². The third-order valence-electron chi connectivity index (χ3n) is 7.05. The van der Waals surface area contributed by atoms with Crippen LogP contribution >= 0.6 is 0 Å². The minimum Gasteiger partial charge on any atom is -0.298 e. The van der Waals surface area contributed by atoms with Crippen molar-refractivity contribution in [2.24, 2.45) is 10.2 Å². The van der Waals surface area contributed by atoms with Crippen molar-refractivity contribution < 1.29 is 13.2 Å². The molecule has 7 nitrogen and oxygen atoms in total. The van der Waals surface area contributed by atoms with Gasteiger partial charge in [-0.05, 0) is 72.4 Å². The van der Waals surface area contributed by atoms with E-state index in [9.17, 15) is 13.2 Å². The number of nitrogens with zero attached hydrogens (tertiary/aromatic N) is 4. The van der Waals surface area contributed by atoms with E-state index in [1.165, 1.54) is 28.3 Å². The van der Waals surface area contributed by atoms with Crippen molar-refractivity contribution in [2.45, 2.75) is 81.4 Å². The van der Waals surface area contributed by atoms with Gasteiger partial charge in [0.15, 0.2) is 16.5 Å². The average molecular weight is 465 g/mol. The summed E-state index contributed by atoms with van der Waals surface area (Å²) >= 11 is 0. The molecule has 33 heavy (non-hydrogen) atoms. The van der Waals surface area contributed by atoms with Gasteiger partial charge in [-0.3, -0.25) is 9.48 Å². The molecule has 2 aromatic rings. The van der Waals surface area contributed by atoms with Crippen molar-refractivity contribution in [3.63, 3.8) is 0 Å². The highest BCUT2D eigenvalue weighted by Crippen LogP contribution is 2.37. The number of terminal acetylenes is 1. The van der Waals surface area contributed by atoms with E-state index in [1.807, 2.05) is 0 Å². The lowest BCUT2D eigenvalue weighted by Gasteiger charge is -2.14. The van der Waals surface area contributed by atoms with Crippen LogP contribution in [0, 0.1) is 12.3 Å². The summed E-state index contributed by atoms with van der Waals surface area (Å²) in [4.78, 5) is 12.9. The minimum atomic E-state index is -3.79. The molecule has 172 valence electrons. The number of sulfone groups is 1. The summed E-state index contributed by atoms with van der Waals surface area (Å²) in [6.07, 6.45) is 15.4. The Kier molecular flexibility index (Phi) is 5.69. The van der Waals surface area contributed by atoms with Gasteiger partial charge in [0.05, 0.1) is 0 Å². The second-order valence-corrected chi connectivity index (χ2v) is 11.3. The minimum absolute atomic E-state index is 0.0540. The number of aryl methyl sites for hydroxylation is 3. The Balaban J connectivity index is 1.24. The zero-order chi connectivity index (χ0) is 23.1. The Morgan fingerprint density at radius 3 is 2.42 bits per heavy atom. The summed E-state index contributed by atoms with van der Waals surface area (Å²) in [7, 11) is -3.79. The fourth-order valence-electron chi connectivity index (χ4n) is 5.28. The SMILES string of the molecule is C#CCCC1(CCn2ccc(S(=O)(=O)CC(=O)Cc3c4c(cc5c3CCC5)CCC4)n2)N=N1. The Hall–Kier alpha value is -2.79. The Morgan fingerprint density at radius 1 is 1.09 bits per heavy atom. The Bertz CT molecular complexity index is 1250. The van der Waals surface area contributed by atoms with Crippen LogP contribution in [0.25, 0.3) is 0 Å². The maximum atomic E-state index is 12.9. The standard InChI is InChI=1S/C25H28N4O3S/c1-2-3-11-25(27-28-25)12-14-29-13-10-24(26-29)33(31,32)17-20(30)16-23-21-8-4-6-18(21)15-19-7-5-9-22(19)23/h1,10,13,15H,3-9,11-12,14,16-17H2. The molecule has 5 rings (SSSR count). The Labute approximate surface area is 194 Å². The van der Waals surface area contributed by atoms with Gasteiger partial charge in [-0.25, -0.2) is 8.42 Å². The maximum Gasteiger partial charge on any atom is 0.204 e. The molecule has 0 N–H and O–H groups in total. The molecule has 0 bridgehead atoms.